The predicted molar refractivity (Wildman–Crippen MR) is 233 cm³/mol. The van der Waals surface area contributed by atoms with Crippen molar-refractivity contribution in [1.82, 2.24) is 14.5 Å². The molecule has 0 aliphatic heterocycles. The Morgan fingerprint density at radius 2 is 1.31 bits per heavy atom. The van der Waals surface area contributed by atoms with Gasteiger partial charge in [0, 0.05) is 16.3 Å². The summed E-state index contributed by atoms with van der Waals surface area (Å²) in [6.45, 7) is 14.1. The molecule has 274 valence electrons. The van der Waals surface area contributed by atoms with Gasteiger partial charge in [0.1, 0.15) is 19.3 Å². The summed E-state index contributed by atoms with van der Waals surface area (Å²) in [4.78, 5) is 10.4. The number of benzene rings is 5. The van der Waals surface area contributed by atoms with Crippen LogP contribution in [0.5, 0.6) is 0 Å². The molecule has 5 heteroatoms. The lowest BCUT2D eigenvalue weighted by Crippen LogP contribution is -2.35. The number of nitrogens with zero attached hydrogens (tertiary/aromatic N) is 3. The van der Waals surface area contributed by atoms with E-state index in [1.165, 1.54) is 59.2 Å². The Labute approximate surface area is 326 Å². The first kappa shape index (κ1) is 35.3. The van der Waals surface area contributed by atoms with Gasteiger partial charge in [-0.2, -0.15) is 0 Å². The van der Waals surface area contributed by atoms with Crippen molar-refractivity contribution in [1.29, 1.82) is 0 Å². The highest BCUT2D eigenvalue weighted by molar-refractivity contribution is 6.16. The van der Waals surface area contributed by atoms with Crippen LogP contribution in [-0.4, -0.2) is 22.4 Å². The SMILES string of the molecule is BC1(c2ccc(-c3cc(C(C)C)c(-n4c(-c5cccc6c5oc5nc(-c7ccccc7)ccc56)nc5ccccc54)c(C(C)C)c3)cc2)CCC(C)(C)CC1. The van der Waals surface area contributed by atoms with Crippen LogP contribution in [0.2, 0.25) is 0 Å². The van der Waals surface area contributed by atoms with Crippen LogP contribution < -0.4 is 0 Å². The highest BCUT2D eigenvalue weighted by Gasteiger charge is 2.36. The van der Waals surface area contributed by atoms with Gasteiger partial charge < -0.3 is 4.42 Å². The number of hydrogen-bond donors (Lipinski definition) is 0. The maximum atomic E-state index is 6.73. The predicted octanol–water partition coefficient (Wildman–Crippen LogP) is 13.0. The highest BCUT2D eigenvalue weighted by Crippen LogP contribution is 2.46. The normalized spacial score (nSPS) is 15.5. The quantitative estimate of drug-likeness (QED) is 0.154. The Kier molecular flexibility index (Phi) is 8.60. The summed E-state index contributed by atoms with van der Waals surface area (Å²) >= 11 is 0. The molecule has 3 heterocycles. The van der Waals surface area contributed by atoms with E-state index >= 15 is 0 Å². The first-order chi connectivity index (χ1) is 26.5. The van der Waals surface area contributed by atoms with Crippen molar-refractivity contribution in [3.05, 3.63) is 138 Å². The molecule has 5 aromatic carbocycles. The molecular formula is C50H50BN3O. The van der Waals surface area contributed by atoms with E-state index in [1.807, 2.05) is 18.2 Å². The second-order valence-corrected chi connectivity index (χ2v) is 17.6. The zero-order chi connectivity index (χ0) is 38.1. The van der Waals surface area contributed by atoms with Crippen molar-refractivity contribution < 1.29 is 4.42 Å². The van der Waals surface area contributed by atoms with E-state index in [-0.39, 0.29) is 17.2 Å². The van der Waals surface area contributed by atoms with Gasteiger partial charge in [-0.05, 0) is 106 Å². The van der Waals surface area contributed by atoms with Gasteiger partial charge in [0.2, 0.25) is 5.71 Å². The van der Waals surface area contributed by atoms with E-state index < -0.39 is 0 Å². The van der Waals surface area contributed by atoms with Gasteiger partial charge in [0.15, 0.2) is 0 Å². The molecule has 3 aromatic heterocycles. The summed E-state index contributed by atoms with van der Waals surface area (Å²) in [6.07, 6.45) is 5.06. The molecule has 1 saturated carbocycles. The Morgan fingerprint density at radius 1 is 0.636 bits per heavy atom. The Hall–Kier alpha value is -5.42. The molecule has 0 unspecified atom stereocenters. The Balaban J connectivity index is 1.21. The standard InChI is InChI=1S/C50H50BN3O/c1-31(2)40-29-35(33-19-21-36(22-20-33)50(51)27-25-49(5,6)26-28-50)30-41(32(3)4)45(40)54-44-18-11-10-17-43(44)52-47(54)39-16-12-15-37-38-23-24-42(34-13-8-7-9-14-34)53-48(38)55-46(37)39/h7-24,29-32H,25-28,51H2,1-6H3. The fraction of sp³-hybridized carbons (Fsp3) is 0.280. The van der Waals surface area contributed by atoms with Crippen LogP contribution >= 0.6 is 0 Å². The molecule has 55 heavy (non-hydrogen) atoms. The number of hydrogen-bond acceptors (Lipinski definition) is 3. The van der Waals surface area contributed by atoms with Crippen molar-refractivity contribution in [2.75, 3.05) is 0 Å². The number of para-hydroxylation sites is 3. The fourth-order valence-electron chi connectivity index (χ4n) is 8.88. The number of imidazole rings is 1. The van der Waals surface area contributed by atoms with E-state index in [1.54, 1.807) is 0 Å². The van der Waals surface area contributed by atoms with E-state index in [0.29, 0.717) is 11.1 Å². The van der Waals surface area contributed by atoms with Crippen LogP contribution in [0.4, 0.5) is 0 Å². The minimum absolute atomic E-state index is 0.242. The number of pyridine rings is 1. The minimum Gasteiger partial charge on any atom is -0.437 e. The van der Waals surface area contributed by atoms with Gasteiger partial charge in [-0.25, -0.2) is 9.97 Å². The summed E-state index contributed by atoms with van der Waals surface area (Å²) in [7, 11) is 2.47. The first-order valence-corrected chi connectivity index (χ1v) is 20.1. The largest absolute Gasteiger partial charge is 0.437 e. The molecular weight excluding hydrogens is 669 g/mol. The zero-order valence-corrected chi connectivity index (χ0v) is 33.3. The Morgan fingerprint density at radius 3 is 2.00 bits per heavy atom. The van der Waals surface area contributed by atoms with Crippen LogP contribution in [0.25, 0.3) is 72.6 Å². The lowest BCUT2D eigenvalue weighted by atomic mass is 9.53. The molecule has 0 radical (unpaired) electrons. The van der Waals surface area contributed by atoms with E-state index in [2.05, 4.69) is 157 Å². The van der Waals surface area contributed by atoms with Gasteiger partial charge in [-0.15, -0.1) is 0 Å². The van der Waals surface area contributed by atoms with Crippen LogP contribution in [0.3, 0.4) is 0 Å². The maximum absolute atomic E-state index is 6.73. The van der Waals surface area contributed by atoms with Crippen LogP contribution in [0, 0.1) is 5.41 Å². The van der Waals surface area contributed by atoms with Crippen LogP contribution in [-0.2, 0) is 5.31 Å². The third-order valence-electron chi connectivity index (χ3n) is 12.5. The molecule has 0 atom stereocenters. The lowest BCUT2D eigenvalue weighted by molar-refractivity contribution is 0.206. The molecule has 9 rings (SSSR count). The summed E-state index contributed by atoms with van der Waals surface area (Å²) in [5.41, 5.74) is 14.7. The van der Waals surface area contributed by atoms with Gasteiger partial charge in [-0.3, -0.25) is 4.57 Å². The molecule has 0 spiro atoms. The second kappa shape index (κ2) is 13.4. The monoisotopic (exact) mass is 719 g/mol. The molecule has 8 aromatic rings. The summed E-state index contributed by atoms with van der Waals surface area (Å²) in [6, 6.07) is 43.8. The maximum Gasteiger partial charge on any atom is 0.227 e. The van der Waals surface area contributed by atoms with Gasteiger partial charge >= 0.3 is 0 Å². The third kappa shape index (κ3) is 6.18. The van der Waals surface area contributed by atoms with Crippen LogP contribution in [0.15, 0.2) is 126 Å². The topological polar surface area (TPSA) is 43.9 Å². The van der Waals surface area contributed by atoms with Crippen molar-refractivity contribution in [3.63, 3.8) is 0 Å². The van der Waals surface area contributed by atoms with Crippen molar-refractivity contribution in [2.45, 2.75) is 84.4 Å². The number of rotatable bonds is 7. The third-order valence-corrected chi connectivity index (χ3v) is 12.5. The summed E-state index contributed by atoms with van der Waals surface area (Å²) in [5, 5.41) is 2.28. The molecule has 0 N–H and O–H groups in total. The molecule has 1 fully saturated rings. The fourth-order valence-corrected chi connectivity index (χ4v) is 8.88. The van der Waals surface area contributed by atoms with Crippen molar-refractivity contribution >= 4 is 40.9 Å². The van der Waals surface area contributed by atoms with Gasteiger partial charge in [0.25, 0.3) is 0 Å². The number of fused-ring (bicyclic) bond motifs is 4. The lowest BCUT2D eigenvalue weighted by Gasteiger charge is -2.42. The molecule has 1 aliphatic carbocycles. The van der Waals surface area contributed by atoms with Gasteiger partial charge in [-0.1, -0.05) is 133 Å². The highest BCUT2D eigenvalue weighted by atomic mass is 16.3. The number of furan rings is 1. The van der Waals surface area contributed by atoms with E-state index in [0.717, 1.165) is 50.0 Å². The van der Waals surface area contributed by atoms with Crippen molar-refractivity contribution in [3.8, 4) is 39.5 Å². The molecule has 1 aliphatic rings. The first-order valence-electron chi connectivity index (χ1n) is 20.1. The molecule has 0 amide bonds. The number of aromatic nitrogens is 3. The molecule has 0 saturated heterocycles. The average molecular weight is 720 g/mol. The minimum atomic E-state index is 0.242. The molecule has 0 bridgehead atoms. The average Bonchev–Trinajstić information content (AvgIpc) is 3.77. The zero-order valence-electron chi connectivity index (χ0n) is 33.3. The second-order valence-electron chi connectivity index (χ2n) is 17.6. The van der Waals surface area contributed by atoms with E-state index in [4.69, 9.17) is 14.4 Å². The van der Waals surface area contributed by atoms with Gasteiger partial charge in [0.05, 0.1) is 28.0 Å². The summed E-state index contributed by atoms with van der Waals surface area (Å²) in [5.74, 6) is 1.42. The Bertz CT molecular complexity index is 2660. The smallest absolute Gasteiger partial charge is 0.227 e. The molecule has 4 nitrogen and oxygen atoms in total. The van der Waals surface area contributed by atoms with E-state index in [9.17, 15) is 0 Å². The van der Waals surface area contributed by atoms with Crippen molar-refractivity contribution in [2.24, 2.45) is 5.41 Å². The van der Waals surface area contributed by atoms with Crippen LogP contribution in [0.1, 0.15) is 95.8 Å². The summed E-state index contributed by atoms with van der Waals surface area (Å²) < 4.78 is 9.13.